The van der Waals surface area contributed by atoms with Crippen LogP contribution in [0.15, 0.2) is 42.1 Å². The van der Waals surface area contributed by atoms with Crippen LogP contribution in [-0.4, -0.2) is 24.3 Å². The standard InChI is InChI=1S/C20H23NO3/c1-14(2)5-9-17-18(22)11-16(12-19(17)23-3)7-6-15-8-10-20(24-4)21-13-15/h5-8,10-13,22H,9H2,1-4H3/b7-6+. The number of nitrogens with zero attached hydrogens (tertiary/aromatic N) is 1. The Hall–Kier alpha value is -2.75. The molecule has 24 heavy (non-hydrogen) atoms. The molecule has 0 saturated carbocycles. The Bertz CT molecular complexity index is 742. The first-order valence-corrected chi connectivity index (χ1v) is 7.75. The van der Waals surface area contributed by atoms with Crippen LogP contribution < -0.4 is 9.47 Å². The monoisotopic (exact) mass is 325 g/mol. The molecule has 0 fully saturated rings. The predicted octanol–water partition coefficient (Wildman–Crippen LogP) is 4.48. The van der Waals surface area contributed by atoms with Crippen LogP contribution in [0.5, 0.6) is 17.4 Å². The molecule has 0 bridgehead atoms. The van der Waals surface area contributed by atoms with Gasteiger partial charge in [0.25, 0.3) is 0 Å². The quantitative estimate of drug-likeness (QED) is 0.795. The van der Waals surface area contributed by atoms with Crippen molar-refractivity contribution < 1.29 is 14.6 Å². The van der Waals surface area contributed by atoms with Crippen molar-refractivity contribution in [3.63, 3.8) is 0 Å². The average molecular weight is 325 g/mol. The van der Waals surface area contributed by atoms with Gasteiger partial charge in [-0.15, -0.1) is 0 Å². The molecular formula is C20H23NO3. The molecule has 0 atom stereocenters. The molecule has 1 aromatic carbocycles. The molecule has 0 aliphatic rings. The van der Waals surface area contributed by atoms with E-state index >= 15 is 0 Å². The van der Waals surface area contributed by atoms with Gasteiger partial charge in [-0.05, 0) is 49.6 Å². The molecule has 1 aromatic heterocycles. The van der Waals surface area contributed by atoms with Crippen LogP contribution in [-0.2, 0) is 6.42 Å². The van der Waals surface area contributed by atoms with Gasteiger partial charge in [0.2, 0.25) is 5.88 Å². The van der Waals surface area contributed by atoms with Gasteiger partial charge in [0.05, 0.1) is 14.2 Å². The van der Waals surface area contributed by atoms with Gasteiger partial charge in [0.1, 0.15) is 11.5 Å². The predicted molar refractivity (Wildman–Crippen MR) is 97.5 cm³/mol. The molecule has 0 unspecified atom stereocenters. The highest BCUT2D eigenvalue weighted by Gasteiger charge is 2.09. The SMILES string of the molecule is COc1ccc(/C=C/c2cc(O)c(CC=C(C)C)c(OC)c2)cn1. The zero-order valence-electron chi connectivity index (χ0n) is 14.5. The van der Waals surface area contributed by atoms with Crippen LogP contribution in [0.25, 0.3) is 12.2 Å². The summed E-state index contributed by atoms with van der Waals surface area (Å²) in [4.78, 5) is 4.16. The van der Waals surface area contributed by atoms with Gasteiger partial charge >= 0.3 is 0 Å². The number of phenols is 1. The van der Waals surface area contributed by atoms with Gasteiger partial charge in [-0.2, -0.15) is 0 Å². The van der Waals surface area contributed by atoms with Crippen molar-refractivity contribution in [1.82, 2.24) is 4.98 Å². The minimum atomic E-state index is 0.236. The largest absolute Gasteiger partial charge is 0.507 e. The minimum Gasteiger partial charge on any atom is -0.507 e. The van der Waals surface area contributed by atoms with Crippen molar-refractivity contribution in [3.8, 4) is 17.4 Å². The van der Waals surface area contributed by atoms with E-state index in [4.69, 9.17) is 9.47 Å². The zero-order chi connectivity index (χ0) is 17.5. The van der Waals surface area contributed by atoms with E-state index in [1.54, 1.807) is 32.5 Å². The summed E-state index contributed by atoms with van der Waals surface area (Å²) in [6, 6.07) is 7.38. The maximum absolute atomic E-state index is 10.3. The highest BCUT2D eigenvalue weighted by molar-refractivity contribution is 5.71. The van der Waals surface area contributed by atoms with Crippen molar-refractivity contribution in [2.45, 2.75) is 20.3 Å². The Morgan fingerprint density at radius 2 is 1.83 bits per heavy atom. The normalized spacial score (nSPS) is 10.7. The topological polar surface area (TPSA) is 51.6 Å². The van der Waals surface area contributed by atoms with Gasteiger partial charge < -0.3 is 14.6 Å². The number of methoxy groups -OCH3 is 2. The summed E-state index contributed by atoms with van der Waals surface area (Å²) >= 11 is 0. The van der Waals surface area contributed by atoms with E-state index in [0.29, 0.717) is 18.1 Å². The Morgan fingerprint density at radius 3 is 2.42 bits per heavy atom. The summed E-state index contributed by atoms with van der Waals surface area (Å²) in [7, 11) is 3.20. The van der Waals surface area contributed by atoms with Crippen molar-refractivity contribution in [2.75, 3.05) is 14.2 Å². The molecule has 0 aliphatic carbocycles. The molecule has 0 amide bonds. The molecular weight excluding hydrogens is 302 g/mol. The molecule has 126 valence electrons. The van der Waals surface area contributed by atoms with Crippen molar-refractivity contribution >= 4 is 12.2 Å². The van der Waals surface area contributed by atoms with E-state index in [1.807, 2.05) is 38.1 Å². The highest BCUT2D eigenvalue weighted by atomic mass is 16.5. The van der Waals surface area contributed by atoms with Gasteiger partial charge in [-0.25, -0.2) is 4.98 Å². The molecule has 0 radical (unpaired) electrons. The highest BCUT2D eigenvalue weighted by Crippen LogP contribution is 2.31. The third-order valence-corrected chi connectivity index (χ3v) is 3.58. The number of hydrogen-bond acceptors (Lipinski definition) is 4. The Labute approximate surface area is 143 Å². The Balaban J connectivity index is 2.25. The van der Waals surface area contributed by atoms with E-state index in [9.17, 15) is 5.11 Å². The number of aromatic hydroxyl groups is 1. The van der Waals surface area contributed by atoms with Crippen LogP contribution in [0.2, 0.25) is 0 Å². The second-order valence-electron chi connectivity index (χ2n) is 5.67. The second kappa shape index (κ2) is 8.20. The number of benzene rings is 1. The zero-order valence-corrected chi connectivity index (χ0v) is 14.5. The molecule has 0 spiro atoms. The van der Waals surface area contributed by atoms with Crippen molar-refractivity contribution in [3.05, 3.63) is 58.8 Å². The number of rotatable bonds is 6. The average Bonchev–Trinajstić information content (AvgIpc) is 2.58. The van der Waals surface area contributed by atoms with Gasteiger partial charge in [0.15, 0.2) is 0 Å². The number of hydrogen-bond donors (Lipinski definition) is 1. The number of allylic oxidation sites excluding steroid dienone is 2. The summed E-state index contributed by atoms with van der Waals surface area (Å²) in [5, 5.41) is 10.3. The van der Waals surface area contributed by atoms with Crippen LogP contribution in [0.4, 0.5) is 0 Å². The lowest BCUT2D eigenvalue weighted by Gasteiger charge is -2.10. The molecule has 4 heteroatoms. The first kappa shape index (κ1) is 17.6. The fraction of sp³-hybridized carbons (Fsp3) is 0.250. The molecule has 2 aromatic rings. The summed E-state index contributed by atoms with van der Waals surface area (Å²) in [5.74, 6) is 1.49. The van der Waals surface area contributed by atoms with E-state index in [0.717, 1.165) is 16.7 Å². The lowest BCUT2D eigenvalue weighted by molar-refractivity contribution is 0.398. The number of phenolic OH excluding ortho intramolecular Hbond substituents is 1. The van der Waals surface area contributed by atoms with E-state index < -0.39 is 0 Å². The molecule has 1 N–H and O–H groups in total. The molecule has 4 nitrogen and oxygen atoms in total. The first-order chi connectivity index (χ1) is 11.5. The third kappa shape index (κ3) is 4.62. The lowest BCUT2D eigenvalue weighted by Crippen LogP contribution is -1.93. The summed E-state index contributed by atoms with van der Waals surface area (Å²) in [6.07, 6.45) is 8.28. The van der Waals surface area contributed by atoms with Crippen molar-refractivity contribution in [1.29, 1.82) is 0 Å². The molecule has 0 aliphatic heterocycles. The summed E-state index contributed by atoms with van der Waals surface area (Å²) in [5.41, 5.74) is 3.80. The van der Waals surface area contributed by atoms with Gasteiger partial charge in [0, 0.05) is 17.8 Å². The summed E-state index contributed by atoms with van der Waals surface area (Å²) in [6.45, 7) is 4.06. The van der Waals surface area contributed by atoms with Gasteiger partial charge in [-0.1, -0.05) is 23.8 Å². The van der Waals surface area contributed by atoms with E-state index in [1.165, 1.54) is 5.57 Å². The summed E-state index contributed by atoms with van der Waals surface area (Å²) < 4.78 is 10.5. The van der Waals surface area contributed by atoms with Gasteiger partial charge in [-0.3, -0.25) is 0 Å². The molecule has 1 heterocycles. The Kier molecular flexibility index (Phi) is 6.01. The Morgan fingerprint density at radius 1 is 1.08 bits per heavy atom. The van der Waals surface area contributed by atoms with Crippen LogP contribution in [0, 0.1) is 0 Å². The van der Waals surface area contributed by atoms with Crippen LogP contribution in [0.1, 0.15) is 30.5 Å². The number of aromatic nitrogens is 1. The maximum Gasteiger partial charge on any atom is 0.212 e. The van der Waals surface area contributed by atoms with E-state index in [2.05, 4.69) is 11.1 Å². The fourth-order valence-electron chi connectivity index (χ4n) is 2.24. The first-order valence-electron chi connectivity index (χ1n) is 7.75. The number of ether oxygens (including phenoxy) is 2. The molecule has 2 rings (SSSR count). The van der Waals surface area contributed by atoms with Crippen LogP contribution in [0.3, 0.4) is 0 Å². The second-order valence-corrected chi connectivity index (χ2v) is 5.67. The van der Waals surface area contributed by atoms with Crippen LogP contribution >= 0.6 is 0 Å². The smallest absolute Gasteiger partial charge is 0.212 e. The number of pyridine rings is 1. The van der Waals surface area contributed by atoms with Crippen molar-refractivity contribution in [2.24, 2.45) is 0 Å². The maximum atomic E-state index is 10.3. The third-order valence-electron chi connectivity index (χ3n) is 3.58. The fourth-order valence-corrected chi connectivity index (χ4v) is 2.24. The lowest BCUT2D eigenvalue weighted by atomic mass is 10.0. The van der Waals surface area contributed by atoms with E-state index in [-0.39, 0.29) is 5.75 Å². The molecule has 0 saturated heterocycles. The minimum absolute atomic E-state index is 0.236.